The van der Waals surface area contributed by atoms with Gasteiger partial charge in [0, 0.05) is 5.92 Å². The van der Waals surface area contributed by atoms with E-state index in [1.165, 1.54) is 19.3 Å². The van der Waals surface area contributed by atoms with Crippen LogP contribution in [0.15, 0.2) is 34.9 Å². The van der Waals surface area contributed by atoms with Crippen LogP contribution in [0.4, 0.5) is 0 Å². The van der Waals surface area contributed by atoms with E-state index in [9.17, 15) is 0 Å². The van der Waals surface area contributed by atoms with Gasteiger partial charge in [0.2, 0.25) is 0 Å². The molecule has 4 atom stereocenters. The summed E-state index contributed by atoms with van der Waals surface area (Å²) in [4.78, 5) is 0. The van der Waals surface area contributed by atoms with E-state index in [1.807, 2.05) is 11.1 Å². The smallest absolute Gasteiger partial charge is 0.00218 e. The predicted octanol–water partition coefficient (Wildman–Crippen LogP) is 3.48. The van der Waals surface area contributed by atoms with Crippen molar-refractivity contribution in [2.24, 2.45) is 23.7 Å². The molecule has 4 rings (SSSR count). The van der Waals surface area contributed by atoms with Gasteiger partial charge in [-0.2, -0.15) is 0 Å². The fourth-order valence-corrected chi connectivity index (χ4v) is 4.42. The molecule has 0 aromatic carbocycles. The van der Waals surface area contributed by atoms with Crippen LogP contribution in [0.3, 0.4) is 0 Å². The van der Waals surface area contributed by atoms with E-state index in [0.717, 1.165) is 23.7 Å². The molecular weight excluding hydrogens is 168 g/mol. The highest BCUT2D eigenvalue weighted by molar-refractivity contribution is 5.50. The van der Waals surface area contributed by atoms with Crippen LogP contribution in [0.25, 0.3) is 0 Å². The average Bonchev–Trinajstić information content (AvgIpc) is 2.94. The van der Waals surface area contributed by atoms with E-state index in [-0.39, 0.29) is 0 Å². The van der Waals surface area contributed by atoms with Gasteiger partial charge in [0.1, 0.15) is 0 Å². The summed E-state index contributed by atoms with van der Waals surface area (Å²) >= 11 is 0. The molecule has 0 aromatic heterocycles. The maximum absolute atomic E-state index is 2.47. The van der Waals surface area contributed by atoms with Gasteiger partial charge < -0.3 is 0 Å². The van der Waals surface area contributed by atoms with Crippen molar-refractivity contribution in [2.75, 3.05) is 0 Å². The number of hydrogen-bond acceptors (Lipinski definition) is 0. The summed E-state index contributed by atoms with van der Waals surface area (Å²) in [5.74, 6) is 3.53. The fraction of sp³-hybridized carbons (Fsp3) is 0.571. The highest BCUT2D eigenvalue weighted by Crippen LogP contribution is 2.62. The summed E-state index contributed by atoms with van der Waals surface area (Å²) in [6, 6.07) is 0. The van der Waals surface area contributed by atoms with E-state index in [1.54, 1.807) is 5.57 Å². The van der Waals surface area contributed by atoms with Crippen LogP contribution >= 0.6 is 0 Å². The van der Waals surface area contributed by atoms with Crippen LogP contribution in [0.1, 0.15) is 26.2 Å². The lowest BCUT2D eigenvalue weighted by Crippen LogP contribution is -2.09. The molecule has 0 saturated heterocycles. The second-order valence-corrected chi connectivity index (χ2v) is 5.30. The van der Waals surface area contributed by atoms with Crippen LogP contribution in [0.2, 0.25) is 0 Å². The van der Waals surface area contributed by atoms with Gasteiger partial charge in [-0.25, -0.2) is 0 Å². The minimum absolute atomic E-state index is 0.847. The van der Waals surface area contributed by atoms with Gasteiger partial charge >= 0.3 is 0 Å². The second kappa shape index (κ2) is 2.24. The molecule has 0 N–H and O–H groups in total. The number of allylic oxidation sites excluding steroid dienone is 6. The Kier molecular flexibility index (Phi) is 1.20. The topological polar surface area (TPSA) is 0 Å². The Bertz CT molecular complexity index is 394. The Morgan fingerprint density at radius 1 is 1.14 bits per heavy atom. The zero-order valence-electron chi connectivity index (χ0n) is 8.66. The molecule has 4 unspecified atom stereocenters. The Morgan fingerprint density at radius 2 is 1.93 bits per heavy atom. The van der Waals surface area contributed by atoms with Crippen LogP contribution in [-0.2, 0) is 0 Å². The summed E-state index contributed by atoms with van der Waals surface area (Å²) in [6.45, 7) is 2.22. The van der Waals surface area contributed by atoms with Gasteiger partial charge in [0.15, 0.2) is 0 Å². The number of fused-ring (bicyclic) bond motifs is 8. The van der Waals surface area contributed by atoms with Gasteiger partial charge in [-0.1, -0.05) is 34.9 Å². The molecule has 0 radical (unpaired) electrons. The summed E-state index contributed by atoms with van der Waals surface area (Å²) in [5.41, 5.74) is 5.49. The lowest BCUT2D eigenvalue weighted by atomic mass is 9.82. The standard InChI is InChI=1S/C14H16/c1-2-8-5-11-7-12(8)14-10-4-3-9(6-10)13(11)14/h2-4,9-12H,5-7H2,1H3/b8-2+. The largest absolute Gasteiger partial charge is 0.0878 e. The molecule has 14 heavy (non-hydrogen) atoms. The summed E-state index contributed by atoms with van der Waals surface area (Å²) < 4.78 is 0. The van der Waals surface area contributed by atoms with E-state index in [4.69, 9.17) is 0 Å². The predicted molar refractivity (Wildman–Crippen MR) is 57.7 cm³/mol. The lowest BCUT2D eigenvalue weighted by Gasteiger charge is -2.23. The molecule has 0 nitrogen and oxygen atoms in total. The summed E-state index contributed by atoms with van der Waals surface area (Å²) in [7, 11) is 0. The Balaban J connectivity index is 1.86. The van der Waals surface area contributed by atoms with Crippen molar-refractivity contribution < 1.29 is 0 Å². The minimum Gasteiger partial charge on any atom is -0.0878 e. The molecule has 0 spiro atoms. The zero-order valence-corrected chi connectivity index (χ0v) is 8.66. The van der Waals surface area contributed by atoms with Crippen molar-refractivity contribution in [3.05, 3.63) is 34.9 Å². The van der Waals surface area contributed by atoms with Crippen LogP contribution < -0.4 is 0 Å². The molecule has 1 saturated carbocycles. The molecule has 0 amide bonds. The highest BCUT2D eigenvalue weighted by atomic mass is 14.5. The number of hydrogen-bond donors (Lipinski definition) is 0. The molecule has 4 bridgehead atoms. The normalized spacial score (nSPS) is 49.9. The Morgan fingerprint density at radius 3 is 2.71 bits per heavy atom. The SMILES string of the molecule is C/C=C1\CC2CC1C1=C2C2C=CC1C2. The quantitative estimate of drug-likeness (QED) is 0.399. The van der Waals surface area contributed by atoms with Crippen molar-refractivity contribution in [1.29, 1.82) is 0 Å². The molecule has 4 aliphatic rings. The molecular formula is C14H16. The van der Waals surface area contributed by atoms with Crippen molar-refractivity contribution in [3.63, 3.8) is 0 Å². The van der Waals surface area contributed by atoms with Crippen molar-refractivity contribution in [3.8, 4) is 0 Å². The van der Waals surface area contributed by atoms with Crippen LogP contribution in [0.5, 0.6) is 0 Å². The van der Waals surface area contributed by atoms with E-state index in [2.05, 4.69) is 25.2 Å². The van der Waals surface area contributed by atoms with E-state index in [0.29, 0.717) is 0 Å². The first-order valence-electron chi connectivity index (χ1n) is 5.95. The molecule has 72 valence electrons. The van der Waals surface area contributed by atoms with Gasteiger partial charge in [0.05, 0.1) is 0 Å². The first kappa shape index (κ1) is 7.50. The number of rotatable bonds is 0. The van der Waals surface area contributed by atoms with Gasteiger partial charge in [0.25, 0.3) is 0 Å². The monoisotopic (exact) mass is 184 g/mol. The third kappa shape index (κ3) is 0.657. The Hall–Kier alpha value is -0.780. The lowest BCUT2D eigenvalue weighted by molar-refractivity contribution is 0.558. The van der Waals surface area contributed by atoms with E-state index >= 15 is 0 Å². The Labute approximate surface area is 85.4 Å². The van der Waals surface area contributed by atoms with Crippen molar-refractivity contribution in [1.82, 2.24) is 0 Å². The maximum atomic E-state index is 2.47. The van der Waals surface area contributed by atoms with E-state index < -0.39 is 0 Å². The second-order valence-electron chi connectivity index (χ2n) is 5.30. The third-order valence-corrected chi connectivity index (χ3v) is 4.85. The first-order chi connectivity index (χ1) is 6.88. The first-order valence-corrected chi connectivity index (χ1v) is 5.95. The summed E-state index contributed by atoms with van der Waals surface area (Å²) in [6.07, 6.45) is 11.6. The van der Waals surface area contributed by atoms with Gasteiger partial charge in [-0.3, -0.25) is 0 Å². The molecule has 0 heterocycles. The molecule has 0 aliphatic heterocycles. The van der Waals surface area contributed by atoms with Gasteiger partial charge in [-0.05, 0) is 43.9 Å². The molecule has 1 fully saturated rings. The van der Waals surface area contributed by atoms with Crippen molar-refractivity contribution in [2.45, 2.75) is 26.2 Å². The highest BCUT2D eigenvalue weighted by Gasteiger charge is 2.50. The minimum atomic E-state index is 0.847. The average molecular weight is 184 g/mol. The molecule has 0 aromatic rings. The third-order valence-electron chi connectivity index (χ3n) is 4.85. The summed E-state index contributed by atoms with van der Waals surface area (Å²) in [5, 5.41) is 0. The zero-order chi connectivity index (χ0) is 9.28. The van der Waals surface area contributed by atoms with Gasteiger partial charge in [-0.15, -0.1) is 0 Å². The molecule has 4 aliphatic carbocycles. The maximum Gasteiger partial charge on any atom is 0.00218 e. The fourth-order valence-electron chi connectivity index (χ4n) is 4.42. The molecule has 0 heteroatoms. The van der Waals surface area contributed by atoms with Crippen LogP contribution in [-0.4, -0.2) is 0 Å². The van der Waals surface area contributed by atoms with Crippen LogP contribution in [0, 0.1) is 23.7 Å². The van der Waals surface area contributed by atoms with Crippen molar-refractivity contribution >= 4 is 0 Å².